The number of hydrazone groups is 1. The summed E-state index contributed by atoms with van der Waals surface area (Å²) in [6.07, 6.45) is -3.51. The predicted octanol–water partition coefficient (Wildman–Crippen LogP) is 7.44. The molecule has 0 fully saturated rings. The lowest BCUT2D eigenvalue weighted by Crippen LogP contribution is -2.39. The van der Waals surface area contributed by atoms with E-state index in [1.165, 1.54) is 30.5 Å². The van der Waals surface area contributed by atoms with Gasteiger partial charge in [-0.3, -0.25) is 9.10 Å². The topological polar surface area (TPSA) is 88.1 Å². The van der Waals surface area contributed by atoms with Crippen molar-refractivity contribution in [2.24, 2.45) is 5.10 Å². The summed E-state index contributed by atoms with van der Waals surface area (Å²) < 4.78 is 74.0. The Morgan fingerprint density at radius 1 is 0.889 bits per heavy atom. The van der Waals surface area contributed by atoms with E-state index in [-0.39, 0.29) is 4.90 Å². The Labute approximate surface area is 262 Å². The van der Waals surface area contributed by atoms with Crippen molar-refractivity contribution >= 4 is 50.2 Å². The highest BCUT2D eigenvalue weighted by Gasteiger charge is 2.35. The Hall–Kier alpha value is -4.87. The number of nitrogens with one attached hydrogen (secondary N) is 1. The van der Waals surface area contributed by atoms with Crippen LogP contribution in [0.15, 0.2) is 125 Å². The molecule has 0 saturated carbocycles. The molecule has 12 heteroatoms. The van der Waals surface area contributed by atoms with E-state index >= 15 is 0 Å². The van der Waals surface area contributed by atoms with Crippen molar-refractivity contribution in [3.8, 4) is 5.75 Å². The lowest BCUT2D eigenvalue weighted by molar-refractivity contribution is -0.137. The summed E-state index contributed by atoms with van der Waals surface area (Å²) in [6, 6.07) is 30.6. The summed E-state index contributed by atoms with van der Waals surface area (Å²) in [5.74, 6) is -0.267. The van der Waals surface area contributed by atoms with Crippen LogP contribution in [0.3, 0.4) is 0 Å². The van der Waals surface area contributed by atoms with Crippen LogP contribution in [-0.4, -0.2) is 27.1 Å². The van der Waals surface area contributed by atoms with E-state index in [4.69, 9.17) is 16.3 Å². The molecule has 0 saturated heterocycles. The van der Waals surface area contributed by atoms with Crippen molar-refractivity contribution in [1.82, 2.24) is 5.43 Å². The number of carbonyl (C=O) groups excluding carboxylic acids is 1. The number of carbonyl (C=O) groups is 1. The van der Waals surface area contributed by atoms with Crippen LogP contribution in [0.25, 0.3) is 10.8 Å². The molecule has 0 unspecified atom stereocenters. The maximum atomic E-state index is 13.5. The average molecular weight is 652 g/mol. The monoisotopic (exact) mass is 651 g/mol. The van der Waals surface area contributed by atoms with Crippen molar-refractivity contribution in [2.75, 3.05) is 10.8 Å². The van der Waals surface area contributed by atoms with E-state index in [9.17, 15) is 26.4 Å². The number of ether oxygens (including phenoxy) is 1. The van der Waals surface area contributed by atoms with Crippen molar-refractivity contribution < 1.29 is 31.1 Å². The molecule has 1 N–H and O–H groups in total. The van der Waals surface area contributed by atoms with Gasteiger partial charge in [-0.2, -0.15) is 18.3 Å². The van der Waals surface area contributed by atoms with Gasteiger partial charge in [0.05, 0.1) is 27.4 Å². The van der Waals surface area contributed by atoms with Crippen LogP contribution in [0.4, 0.5) is 18.9 Å². The first-order valence-electron chi connectivity index (χ1n) is 13.5. The molecule has 1 amide bonds. The van der Waals surface area contributed by atoms with Crippen LogP contribution in [0, 0.1) is 0 Å². The molecular formula is C33H25ClF3N3O4S. The minimum atomic E-state index is -4.85. The highest BCUT2D eigenvalue weighted by Crippen LogP contribution is 2.38. The van der Waals surface area contributed by atoms with E-state index in [1.54, 1.807) is 30.3 Å². The van der Waals surface area contributed by atoms with Crippen molar-refractivity contribution in [2.45, 2.75) is 17.7 Å². The zero-order valence-electron chi connectivity index (χ0n) is 23.4. The van der Waals surface area contributed by atoms with Crippen molar-refractivity contribution in [3.63, 3.8) is 0 Å². The average Bonchev–Trinajstić information content (AvgIpc) is 3.03. The molecular weight excluding hydrogens is 627 g/mol. The van der Waals surface area contributed by atoms with Gasteiger partial charge in [0.25, 0.3) is 15.9 Å². The Balaban J connectivity index is 1.27. The molecule has 0 aliphatic carbocycles. The van der Waals surface area contributed by atoms with E-state index < -0.39 is 44.9 Å². The minimum Gasteiger partial charge on any atom is -0.489 e. The van der Waals surface area contributed by atoms with E-state index in [2.05, 4.69) is 10.5 Å². The molecule has 45 heavy (non-hydrogen) atoms. The van der Waals surface area contributed by atoms with Crippen LogP contribution in [0.5, 0.6) is 5.75 Å². The zero-order valence-corrected chi connectivity index (χ0v) is 25.0. The van der Waals surface area contributed by atoms with Gasteiger partial charge in [0, 0.05) is 0 Å². The number of sulfonamides is 1. The Morgan fingerprint density at radius 2 is 1.58 bits per heavy atom. The van der Waals surface area contributed by atoms with Crippen LogP contribution in [0.2, 0.25) is 5.02 Å². The molecule has 0 spiro atoms. The molecule has 0 aliphatic heterocycles. The molecule has 0 aromatic heterocycles. The molecule has 5 aromatic rings. The molecule has 0 radical (unpaired) electrons. The highest BCUT2D eigenvalue weighted by molar-refractivity contribution is 7.92. The molecule has 0 bridgehead atoms. The second-order valence-electron chi connectivity index (χ2n) is 9.78. The van der Waals surface area contributed by atoms with Gasteiger partial charge in [-0.25, -0.2) is 13.8 Å². The number of halogens is 4. The number of benzene rings is 5. The normalized spacial score (nSPS) is 11.9. The molecule has 230 valence electrons. The van der Waals surface area contributed by atoms with Crippen LogP contribution in [0.1, 0.15) is 16.7 Å². The fourth-order valence-electron chi connectivity index (χ4n) is 4.49. The second-order valence-corrected chi connectivity index (χ2v) is 12.0. The SMILES string of the molecule is O=C(CN(c1ccc(Cl)c(C(F)(F)F)c1)S(=O)(=O)c1ccccc1)N/N=C/c1ccc(OCc2cccc3ccccc23)cc1. The Kier molecular flexibility index (Phi) is 9.40. The zero-order chi connectivity index (χ0) is 32.0. The lowest BCUT2D eigenvalue weighted by atomic mass is 10.1. The van der Waals surface area contributed by atoms with Crippen LogP contribution in [-0.2, 0) is 27.6 Å². The van der Waals surface area contributed by atoms with E-state index in [0.717, 1.165) is 28.5 Å². The molecule has 7 nitrogen and oxygen atoms in total. The number of alkyl halides is 3. The smallest absolute Gasteiger partial charge is 0.417 e. The lowest BCUT2D eigenvalue weighted by Gasteiger charge is -2.24. The first kappa shape index (κ1) is 31.6. The molecule has 5 aromatic carbocycles. The van der Waals surface area contributed by atoms with Crippen LogP contribution < -0.4 is 14.5 Å². The fraction of sp³-hybridized carbons (Fsp3) is 0.0909. The number of amides is 1. The summed E-state index contributed by atoms with van der Waals surface area (Å²) >= 11 is 5.73. The van der Waals surface area contributed by atoms with E-state index in [1.807, 2.05) is 42.5 Å². The number of nitrogens with zero attached hydrogens (tertiary/aromatic N) is 2. The summed E-state index contributed by atoms with van der Waals surface area (Å²) in [4.78, 5) is 12.6. The number of rotatable bonds is 10. The quantitative estimate of drug-likeness (QED) is 0.126. The minimum absolute atomic E-state index is 0.215. The maximum Gasteiger partial charge on any atom is 0.417 e. The van der Waals surface area contributed by atoms with Gasteiger partial charge >= 0.3 is 6.18 Å². The predicted molar refractivity (Wildman–Crippen MR) is 168 cm³/mol. The van der Waals surface area contributed by atoms with Gasteiger partial charge in [-0.05, 0) is 76.5 Å². The highest BCUT2D eigenvalue weighted by atomic mass is 35.5. The Bertz CT molecular complexity index is 1950. The third-order valence-corrected chi connectivity index (χ3v) is 8.84. The molecule has 0 atom stereocenters. The molecule has 0 heterocycles. The summed E-state index contributed by atoms with van der Waals surface area (Å²) in [5, 5.41) is 5.50. The maximum absolute atomic E-state index is 13.5. The van der Waals surface area contributed by atoms with Gasteiger partial charge in [0.15, 0.2) is 0 Å². The van der Waals surface area contributed by atoms with Gasteiger partial charge in [-0.1, -0.05) is 72.3 Å². The summed E-state index contributed by atoms with van der Waals surface area (Å²) in [7, 11) is -4.45. The number of hydrogen-bond acceptors (Lipinski definition) is 5. The second kappa shape index (κ2) is 13.4. The third-order valence-electron chi connectivity index (χ3n) is 6.72. The largest absolute Gasteiger partial charge is 0.489 e. The number of fused-ring (bicyclic) bond motifs is 1. The molecule has 0 aliphatic rings. The first-order valence-corrected chi connectivity index (χ1v) is 15.3. The van der Waals surface area contributed by atoms with Gasteiger partial charge in [0.2, 0.25) is 0 Å². The number of anilines is 1. The van der Waals surface area contributed by atoms with Crippen molar-refractivity contribution in [1.29, 1.82) is 0 Å². The van der Waals surface area contributed by atoms with Gasteiger partial charge in [0.1, 0.15) is 18.9 Å². The standard InChI is InChI=1S/C33H25ClF3N3O4S/c34-31-18-15-26(19-30(31)33(35,36)37)40(45(42,43)28-10-2-1-3-11-28)21-32(41)39-38-20-23-13-16-27(17-14-23)44-22-25-9-6-8-24-7-4-5-12-29(24)25/h1-20H,21-22H2,(H,39,41)/b38-20+. The third kappa shape index (κ3) is 7.62. The first-order chi connectivity index (χ1) is 21.5. The fourth-order valence-corrected chi connectivity index (χ4v) is 6.15. The summed E-state index contributed by atoms with van der Waals surface area (Å²) in [6.45, 7) is -0.486. The van der Waals surface area contributed by atoms with Gasteiger partial charge in [-0.15, -0.1) is 0 Å². The molecule has 5 rings (SSSR count). The van der Waals surface area contributed by atoms with Crippen LogP contribution >= 0.6 is 11.6 Å². The summed E-state index contributed by atoms with van der Waals surface area (Å²) in [5.41, 5.74) is 2.25. The number of hydrogen-bond donors (Lipinski definition) is 1. The van der Waals surface area contributed by atoms with Gasteiger partial charge < -0.3 is 4.74 Å². The van der Waals surface area contributed by atoms with E-state index in [0.29, 0.717) is 28.3 Å². The Morgan fingerprint density at radius 3 is 2.31 bits per heavy atom. The van der Waals surface area contributed by atoms with Crippen molar-refractivity contribution in [3.05, 3.63) is 137 Å².